The van der Waals surface area contributed by atoms with Crippen molar-refractivity contribution in [1.82, 2.24) is 4.90 Å². The minimum absolute atomic E-state index is 0.242. The third kappa shape index (κ3) is 3.92. The lowest BCUT2D eigenvalue weighted by atomic mass is 10.1. The Labute approximate surface area is 117 Å². The summed E-state index contributed by atoms with van der Waals surface area (Å²) in [7, 11) is 0. The second-order valence-corrected chi connectivity index (χ2v) is 5.76. The summed E-state index contributed by atoms with van der Waals surface area (Å²) < 4.78 is 0.908. The van der Waals surface area contributed by atoms with E-state index >= 15 is 0 Å². The predicted molar refractivity (Wildman–Crippen MR) is 78.0 cm³/mol. The van der Waals surface area contributed by atoms with E-state index in [0.717, 1.165) is 29.7 Å². The number of carbonyl (C=O) groups is 1. The number of hydrogen-bond donors (Lipinski definition) is 0. The van der Waals surface area contributed by atoms with Crippen LogP contribution in [0.3, 0.4) is 0 Å². The maximum atomic E-state index is 12.1. The lowest BCUT2D eigenvalue weighted by molar-refractivity contribution is 0.0964. The van der Waals surface area contributed by atoms with Gasteiger partial charge >= 0.3 is 0 Å². The van der Waals surface area contributed by atoms with Gasteiger partial charge in [-0.2, -0.15) is 0 Å². The Hall–Kier alpha value is -0.670. The van der Waals surface area contributed by atoms with Gasteiger partial charge in [-0.15, -0.1) is 0 Å². The van der Waals surface area contributed by atoms with E-state index in [4.69, 9.17) is 0 Å². The van der Waals surface area contributed by atoms with Crippen molar-refractivity contribution in [3.8, 4) is 0 Å². The van der Waals surface area contributed by atoms with Gasteiger partial charge in [-0.1, -0.05) is 47.0 Å². The molecule has 0 atom stereocenters. The van der Waals surface area contributed by atoms with Crippen molar-refractivity contribution in [3.63, 3.8) is 0 Å². The number of ketones is 1. The molecule has 0 aromatic heterocycles. The van der Waals surface area contributed by atoms with E-state index < -0.39 is 0 Å². The Morgan fingerprint density at radius 1 is 1.11 bits per heavy atom. The number of carbonyl (C=O) groups excluding carboxylic acids is 1. The average Bonchev–Trinajstić information content (AvgIpc) is 2.65. The highest BCUT2D eigenvalue weighted by molar-refractivity contribution is 9.10. The first-order valence-corrected chi connectivity index (χ1v) is 7.57. The fourth-order valence-electron chi connectivity index (χ4n) is 2.44. The fourth-order valence-corrected chi connectivity index (χ4v) is 2.95. The van der Waals surface area contributed by atoms with E-state index in [2.05, 4.69) is 20.8 Å². The number of nitrogens with zero attached hydrogens (tertiary/aromatic N) is 1. The van der Waals surface area contributed by atoms with Gasteiger partial charge in [0.05, 0.1) is 0 Å². The lowest BCUT2D eigenvalue weighted by Gasteiger charge is -2.19. The van der Waals surface area contributed by atoms with E-state index in [-0.39, 0.29) is 5.78 Å². The van der Waals surface area contributed by atoms with Crippen LogP contribution in [-0.4, -0.2) is 30.3 Å². The van der Waals surface area contributed by atoms with Crippen LogP contribution in [0.1, 0.15) is 42.5 Å². The third-order valence-corrected chi connectivity index (χ3v) is 4.22. The molecule has 0 spiro atoms. The molecule has 2 rings (SSSR count). The van der Waals surface area contributed by atoms with Gasteiger partial charge in [-0.3, -0.25) is 4.79 Å². The van der Waals surface area contributed by atoms with Crippen molar-refractivity contribution in [3.05, 3.63) is 34.3 Å². The van der Waals surface area contributed by atoms with Gasteiger partial charge in [-0.05, 0) is 32.0 Å². The van der Waals surface area contributed by atoms with Crippen molar-refractivity contribution < 1.29 is 4.79 Å². The third-order valence-electron chi connectivity index (χ3n) is 3.53. The topological polar surface area (TPSA) is 20.3 Å². The number of halogens is 1. The predicted octanol–water partition coefficient (Wildman–Crippen LogP) is 3.90. The molecule has 1 aliphatic rings. The Morgan fingerprint density at radius 3 is 2.44 bits per heavy atom. The summed E-state index contributed by atoms with van der Waals surface area (Å²) in [6.07, 6.45) is 5.87. The molecule has 0 saturated carbocycles. The van der Waals surface area contributed by atoms with Gasteiger partial charge in [0.15, 0.2) is 5.78 Å². The van der Waals surface area contributed by atoms with Crippen LogP contribution in [0.25, 0.3) is 0 Å². The Bertz CT molecular complexity index is 397. The highest BCUT2D eigenvalue weighted by Crippen LogP contribution is 2.18. The van der Waals surface area contributed by atoms with E-state index in [1.54, 1.807) is 0 Å². The Balaban J connectivity index is 1.86. The van der Waals surface area contributed by atoms with E-state index in [9.17, 15) is 4.79 Å². The van der Waals surface area contributed by atoms with Crippen LogP contribution in [0.4, 0.5) is 0 Å². The zero-order valence-corrected chi connectivity index (χ0v) is 12.3. The van der Waals surface area contributed by atoms with Crippen LogP contribution in [0.2, 0.25) is 0 Å². The van der Waals surface area contributed by atoms with Crippen LogP contribution in [-0.2, 0) is 0 Å². The minimum Gasteiger partial charge on any atom is -0.303 e. The molecule has 0 N–H and O–H groups in total. The Kier molecular flexibility index (Phi) is 5.39. The van der Waals surface area contributed by atoms with Crippen LogP contribution in [0.15, 0.2) is 28.7 Å². The number of hydrogen-bond acceptors (Lipinski definition) is 2. The molecule has 18 heavy (non-hydrogen) atoms. The highest BCUT2D eigenvalue weighted by atomic mass is 79.9. The summed E-state index contributed by atoms with van der Waals surface area (Å²) in [5.74, 6) is 0.242. The van der Waals surface area contributed by atoms with E-state index in [1.165, 1.54) is 25.7 Å². The lowest BCUT2D eigenvalue weighted by Crippen LogP contribution is -2.27. The molecule has 0 aliphatic carbocycles. The summed E-state index contributed by atoms with van der Waals surface area (Å²) in [4.78, 5) is 14.6. The summed E-state index contributed by atoms with van der Waals surface area (Å²) in [5, 5.41) is 0. The molecule has 1 heterocycles. The number of benzene rings is 1. The van der Waals surface area contributed by atoms with Crippen molar-refractivity contribution >= 4 is 21.7 Å². The molecule has 1 aliphatic heterocycles. The molecule has 2 nitrogen and oxygen atoms in total. The second-order valence-electron chi connectivity index (χ2n) is 4.91. The fraction of sp³-hybridized carbons (Fsp3) is 0.533. The number of likely N-dealkylation sites (tertiary alicyclic amines) is 1. The largest absolute Gasteiger partial charge is 0.303 e. The van der Waals surface area contributed by atoms with Crippen molar-refractivity contribution in [2.24, 2.45) is 0 Å². The number of rotatable bonds is 4. The second kappa shape index (κ2) is 7.05. The molecule has 0 radical (unpaired) electrons. The van der Waals surface area contributed by atoms with Gasteiger partial charge < -0.3 is 4.90 Å². The molecular formula is C15H20BrNO. The van der Waals surface area contributed by atoms with Crippen LogP contribution >= 0.6 is 15.9 Å². The summed E-state index contributed by atoms with van der Waals surface area (Å²) in [6.45, 7) is 3.21. The maximum Gasteiger partial charge on any atom is 0.165 e. The number of Topliss-reactive ketones (excluding diaryl/α,β-unsaturated/α-hetero) is 1. The molecular weight excluding hydrogens is 290 g/mol. The Morgan fingerprint density at radius 2 is 1.78 bits per heavy atom. The molecule has 1 saturated heterocycles. The minimum atomic E-state index is 0.242. The summed E-state index contributed by atoms with van der Waals surface area (Å²) in [5.41, 5.74) is 0.812. The van der Waals surface area contributed by atoms with Gasteiger partial charge in [0.2, 0.25) is 0 Å². The van der Waals surface area contributed by atoms with Crippen LogP contribution in [0.5, 0.6) is 0 Å². The van der Waals surface area contributed by atoms with Gasteiger partial charge in [-0.25, -0.2) is 0 Å². The van der Waals surface area contributed by atoms with Crippen molar-refractivity contribution in [1.29, 1.82) is 0 Å². The smallest absolute Gasteiger partial charge is 0.165 e. The summed E-state index contributed by atoms with van der Waals surface area (Å²) in [6, 6.07) is 7.69. The molecule has 0 amide bonds. The van der Waals surface area contributed by atoms with E-state index in [0.29, 0.717) is 6.42 Å². The van der Waals surface area contributed by atoms with Crippen molar-refractivity contribution in [2.45, 2.75) is 32.1 Å². The SMILES string of the molecule is O=C(CCN1CCCCCC1)c1ccccc1Br. The first kappa shape index (κ1) is 13.8. The van der Waals surface area contributed by atoms with Gasteiger partial charge in [0.25, 0.3) is 0 Å². The molecule has 98 valence electrons. The van der Waals surface area contributed by atoms with E-state index in [1.807, 2.05) is 24.3 Å². The first-order chi connectivity index (χ1) is 8.77. The molecule has 0 bridgehead atoms. The zero-order chi connectivity index (χ0) is 12.8. The standard InChI is InChI=1S/C15H20BrNO/c16-14-8-4-3-7-13(14)15(18)9-12-17-10-5-1-2-6-11-17/h3-4,7-8H,1-2,5-6,9-12H2. The first-order valence-electron chi connectivity index (χ1n) is 6.77. The maximum absolute atomic E-state index is 12.1. The highest BCUT2D eigenvalue weighted by Gasteiger charge is 2.13. The monoisotopic (exact) mass is 309 g/mol. The van der Waals surface area contributed by atoms with Crippen LogP contribution in [0, 0.1) is 0 Å². The quantitative estimate of drug-likeness (QED) is 0.786. The summed E-state index contributed by atoms with van der Waals surface area (Å²) >= 11 is 3.44. The molecule has 1 aromatic rings. The molecule has 3 heteroatoms. The van der Waals surface area contributed by atoms with Crippen molar-refractivity contribution in [2.75, 3.05) is 19.6 Å². The molecule has 1 fully saturated rings. The van der Waals surface area contributed by atoms with Gasteiger partial charge in [0, 0.05) is 23.0 Å². The zero-order valence-electron chi connectivity index (χ0n) is 10.7. The van der Waals surface area contributed by atoms with Crippen LogP contribution < -0.4 is 0 Å². The average molecular weight is 310 g/mol. The normalized spacial score (nSPS) is 17.4. The molecule has 1 aromatic carbocycles. The van der Waals surface area contributed by atoms with Gasteiger partial charge in [0.1, 0.15) is 0 Å². The molecule has 0 unspecified atom stereocenters.